The van der Waals surface area contributed by atoms with Gasteiger partial charge in [-0.25, -0.2) is 0 Å². The summed E-state index contributed by atoms with van der Waals surface area (Å²) in [7, 11) is 0. The van der Waals surface area contributed by atoms with Gasteiger partial charge < -0.3 is 4.74 Å². The zero-order valence-corrected chi connectivity index (χ0v) is 5.61. The van der Waals surface area contributed by atoms with E-state index in [1.54, 1.807) is 0 Å². The van der Waals surface area contributed by atoms with Crippen LogP contribution in [-0.4, -0.2) is 18.9 Å². The third kappa shape index (κ3) is 2.17. The average molecular weight is 154 g/mol. The lowest BCUT2D eigenvalue weighted by Crippen LogP contribution is -2.21. The lowest BCUT2D eigenvalue weighted by molar-refractivity contribution is -0.172. The number of halogens is 3. The Morgan fingerprint density at radius 3 is 2.40 bits per heavy atom. The summed E-state index contributed by atoms with van der Waals surface area (Å²) in [5, 5.41) is 0. The van der Waals surface area contributed by atoms with Crippen molar-refractivity contribution in [1.82, 2.24) is 0 Å². The van der Waals surface area contributed by atoms with Crippen molar-refractivity contribution in [2.24, 2.45) is 5.92 Å². The van der Waals surface area contributed by atoms with Gasteiger partial charge in [0, 0.05) is 0 Å². The molecule has 1 heterocycles. The van der Waals surface area contributed by atoms with Crippen LogP contribution in [0.2, 0.25) is 0 Å². The highest BCUT2D eigenvalue weighted by atomic mass is 19.4. The highest BCUT2D eigenvalue weighted by molar-refractivity contribution is 4.75. The molecule has 1 saturated heterocycles. The van der Waals surface area contributed by atoms with E-state index in [1.165, 1.54) is 6.92 Å². The Bertz CT molecular complexity index is 117. The zero-order chi connectivity index (χ0) is 7.78. The minimum absolute atomic E-state index is 0.115. The minimum atomic E-state index is -4.05. The number of rotatable bonds is 2. The van der Waals surface area contributed by atoms with Crippen LogP contribution >= 0.6 is 0 Å². The van der Waals surface area contributed by atoms with Crippen molar-refractivity contribution in [2.75, 3.05) is 6.61 Å². The van der Waals surface area contributed by atoms with Crippen LogP contribution in [0, 0.1) is 5.92 Å². The Balaban J connectivity index is 2.25. The fraction of sp³-hybridized carbons (Fsp3) is 1.00. The first-order valence-electron chi connectivity index (χ1n) is 3.18. The number of epoxide rings is 1. The van der Waals surface area contributed by atoms with Crippen LogP contribution < -0.4 is 0 Å². The monoisotopic (exact) mass is 154 g/mol. The normalized spacial score (nSPS) is 28.2. The second-order valence-corrected chi connectivity index (χ2v) is 2.63. The Hall–Kier alpha value is -0.250. The maximum Gasteiger partial charge on any atom is 0.391 e. The van der Waals surface area contributed by atoms with Gasteiger partial charge in [0.15, 0.2) is 0 Å². The molecule has 0 N–H and O–H groups in total. The third-order valence-electron chi connectivity index (χ3n) is 1.58. The molecule has 1 aliphatic rings. The molecule has 1 fully saturated rings. The van der Waals surface area contributed by atoms with E-state index in [-0.39, 0.29) is 12.5 Å². The number of hydrogen-bond acceptors (Lipinski definition) is 1. The lowest BCUT2D eigenvalue weighted by Gasteiger charge is -2.13. The van der Waals surface area contributed by atoms with Gasteiger partial charge in [-0.15, -0.1) is 0 Å². The summed E-state index contributed by atoms with van der Waals surface area (Å²) >= 11 is 0. The Kier molecular flexibility index (Phi) is 1.90. The summed E-state index contributed by atoms with van der Waals surface area (Å²) in [4.78, 5) is 0. The first-order valence-corrected chi connectivity index (χ1v) is 3.18. The largest absolute Gasteiger partial charge is 0.391 e. The van der Waals surface area contributed by atoms with Gasteiger partial charge in [0.2, 0.25) is 0 Å². The molecule has 0 aliphatic carbocycles. The lowest BCUT2D eigenvalue weighted by atomic mass is 10.1. The van der Waals surface area contributed by atoms with Crippen molar-refractivity contribution in [1.29, 1.82) is 0 Å². The standard InChI is InChI=1S/C6H9F3O/c1-4(6(7,8)9)2-5-3-10-5/h4-5H,2-3H2,1H3. The summed E-state index contributed by atoms with van der Waals surface area (Å²) in [6.45, 7) is 1.68. The summed E-state index contributed by atoms with van der Waals surface area (Å²) in [6, 6.07) is 0. The number of hydrogen-bond donors (Lipinski definition) is 0. The first-order chi connectivity index (χ1) is 4.50. The molecule has 0 radical (unpaired) electrons. The summed E-state index contributed by atoms with van der Waals surface area (Å²) in [5.41, 5.74) is 0. The van der Waals surface area contributed by atoms with Crippen molar-refractivity contribution in [3.05, 3.63) is 0 Å². The second kappa shape index (κ2) is 2.42. The van der Waals surface area contributed by atoms with Crippen molar-refractivity contribution in [3.63, 3.8) is 0 Å². The van der Waals surface area contributed by atoms with E-state index in [1.807, 2.05) is 0 Å². The summed E-state index contributed by atoms with van der Waals surface area (Å²) < 4.78 is 40.0. The van der Waals surface area contributed by atoms with E-state index in [0.717, 1.165) is 0 Å². The molecule has 60 valence electrons. The summed E-state index contributed by atoms with van der Waals surface area (Å²) in [5.74, 6) is -1.22. The molecule has 2 atom stereocenters. The molecule has 1 aliphatic heterocycles. The van der Waals surface area contributed by atoms with Crippen LogP contribution in [-0.2, 0) is 4.74 Å². The molecule has 0 bridgehead atoms. The Morgan fingerprint density at radius 1 is 1.60 bits per heavy atom. The number of ether oxygens (including phenoxy) is 1. The Morgan fingerprint density at radius 2 is 2.10 bits per heavy atom. The van der Waals surface area contributed by atoms with Crippen LogP contribution in [0.15, 0.2) is 0 Å². The van der Waals surface area contributed by atoms with E-state index in [4.69, 9.17) is 0 Å². The molecule has 0 amide bonds. The minimum Gasteiger partial charge on any atom is -0.373 e. The van der Waals surface area contributed by atoms with Gasteiger partial charge in [0.1, 0.15) is 0 Å². The molecule has 0 saturated carbocycles. The summed E-state index contributed by atoms with van der Waals surface area (Å²) in [6.07, 6.45) is -4.06. The van der Waals surface area contributed by atoms with Crippen LogP contribution in [0.3, 0.4) is 0 Å². The van der Waals surface area contributed by atoms with Crippen LogP contribution in [0.4, 0.5) is 13.2 Å². The molecular weight excluding hydrogens is 145 g/mol. The molecule has 0 spiro atoms. The van der Waals surface area contributed by atoms with Gasteiger partial charge >= 0.3 is 6.18 Å². The molecule has 0 aromatic heterocycles. The Labute approximate surface area is 57.2 Å². The van der Waals surface area contributed by atoms with Gasteiger partial charge in [-0.3, -0.25) is 0 Å². The van der Waals surface area contributed by atoms with E-state index >= 15 is 0 Å². The fourth-order valence-corrected chi connectivity index (χ4v) is 0.732. The maximum absolute atomic E-state index is 11.8. The molecule has 1 nitrogen and oxygen atoms in total. The molecule has 2 unspecified atom stereocenters. The number of alkyl halides is 3. The fourth-order valence-electron chi connectivity index (χ4n) is 0.732. The predicted octanol–water partition coefficient (Wildman–Crippen LogP) is 1.97. The molecular formula is C6H9F3O. The predicted molar refractivity (Wildman–Crippen MR) is 29.6 cm³/mol. The molecule has 0 aromatic carbocycles. The van der Waals surface area contributed by atoms with E-state index in [9.17, 15) is 13.2 Å². The first kappa shape index (κ1) is 7.85. The highest BCUT2D eigenvalue weighted by Gasteiger charge is 2.39. The SMILES string of the molecule is CC(CC1CO1)C(F)(F)F. The van der Waals surface area contributed by atoms with Crippen LogP contribution in [0.1, 0.15) is 13.3 Å². The maximum atomic E-state index is 11.8. The molecule has 10 heavy (non-hydrogen) atoms. The van der Waals surface area contributed by atoms with Crippen LogP contribution in [0.5, 0.6) is 0 Å². The van der Waals surface area contributed by atoms with Gasteiger partial charge in [-0.2, -0.15) is 13.2 Å². The molecule has 0 aromatic rings. The van der Waals surface area contributed by atoms with Gasteiger partial charge in [0.25, 0.3) is 0 Å². The van der Waals surface area contributed by atoms with E-state index in [2.05, 4.69) is 4.74 Å². The van der Waals surface area contributed by atoms with E-state index in [0.29, 0.717) is 6.61 Å². The quantitative estimate of drug-likeness (QED) is 0.554. The van der Waals surface area contributed by atoms with Crippen LogP contribution in [0.25, 0.3) is 0 Å². The second-order valence-electron chi connectivity index (χ2n) is 2.63. The van der Waals surface area contributed by atoms with Gasteiger partial charge in [-0.1, -0.05) is 6.92 Å². The van der Waals surface area contributed by atoms with Crippen molar-refractivity contribution < 1.29 is 17.9 Å². The molecule has 1 rings (SSSR count). The third-order valence-corrected chi connectivity index (χ3v) is 1.58. The smallest absolute Gasteiger partial charge is 0.373 e. The van der Waals surface area contributed by atoms with Gasteiger partial charge in [-0.05, 0) is 6.42 Å². The van der Waals surface area contributed by atoms with Gasteiger partial charge in [0.05, 0.1) is 18.6 Å². The zero-order valence-electron chi connectivity index (χ0n) is 5.61. The average Bonchev–Trinajstić information content (AvgIpc) is 2.47. The van der Waals surface area contributed by atoms with E-state index < -0.39 is 12.1 Å². The molecule has 4 heteroatoms. The van der Waals surface area contributed by atoms with Crippen molar-refractivity contribution in [2.45, 2.75) is 25.6 Å². The van der Waals surface area contributed by atoms with Crippen molar-refractivity contribution >= 4 is 0 Å². The van der Waals surface area contributed by atoms with Crippen molar-refractivity contribution in [3.8, 4) is 0 Å². The highest BCUT2D eigenvalue weighted by Crippen LogP contribution is 2.32. The topological polar surface area (TPSA) is 12.5 Å².